The Bertz CT molecular complexity index is 603. The monoisotopic (exact) mass is 270 g/mol. The summed E-state index contributed by atoms with van der Waals surface area (Å²) in [5, 5.41) is 3.88. The summed E-state index contributed by atoms with van der Waals surface area (Å²) in [6.45, 7) is 2.09. The summed E-state index contributed by atoms with van der Waals surface area (Å²) >= 11 is 0. The first-order valence-corrected chi connectivity index (χ1v) is 6.37. The Balaban J connectivity index is 1.95. The molecular formula is C16H15FN2O. The van der Waals surface area contributed by atoms with Crippen molar-refractivity contribution in [1.29, 1.82) is 0 Å². The van der Waals surface area contributed by atoms with Crippen LogP contribution in [-0.2, 0) is 6.42 Å². The number of amides is 1. The number of halogens is 1. The number of aryl methyl sites for hydroxylation is 1. The molecule has 0 atom stereocenters. The molecule has 0 radical (unpaired) electrons. The van der Waals surface area contributed by atoms with Gasteiger partial charge < -0.3 is 0 Å². The third kappa shape index (κ3) is 3.75. The molecule has 2 rings (SSSR count). The third-order valence-electron chi connectivity index (χ3n) is 2.87. The first-order chi connectivity index (χ1) is 9.69. The van der Waals surface area contributed by atoms with E-state index in [-0.39, 0.29) is 11.7 Å². The van der Waals surface area contributed by atoms with Crippen LogP contribution < -0.4 is 5.43 Å². The van der Waals surface area contributed by atoms with Crippen molar-refractivity contribution in [2.45, 2.75) is 13.3 Å². The van der Waals surface area contributed by atoms with Gasteiger partial charge in [0, 0.05) is 5.56 Å². The molecule has 0 aliphatic carbocycles. The Morgan fingerprint density at radius 3 is 2.40 bits per heavy atom. The van der Waals surface area contributed by atoms with Crippen molar-refractivity contribution in [3.63, 3.8) is 0 Å². The number of hydrogen-bond donors (Lipinski definition) is 1. The van der Waals surface area contributed by atoms with Gasteiger partial charge in [-0.15, -0.1) is 0 Å². The minimum Gasteiger partial charge on any atom is -0.267 e. The van der Waals surface area contributed by atoms with Crippen molar-refractivity contribution in [3.05, 3.63) is 71.0 Å². The van der Waals surface area contributed by atoms with Crippen LogP contribution in [0.4, 0.5) is 4.39 Å². The molecule has 4 heteroatoms. The second-order valence-electron chi connectivity index (χ2n) is 4.30. The summed E-state index contributed by atoms with van der Waals surface area (Å²) in [5.74, 6) is -0.743. The van der Waals surface area contributed by atoms with Crippen molar-refractivity contribution in [2.24, 2.45) is 5.10 Å². The van der Waals surface area contributed by atoms with Gasteiger partial charge in [-0.05, 0) is 41.8 Å². The minimum absolute atomic E-state index is 0.366. The van der Waals surface area contributed by atoms with Crippen LogP contribution in [0.2, 0.25) is 0 Å². The van der Waals surface area contributed by atoms with Crippen molar-refractivity contribution in [2.75, 3.05) is 0 Å². The van der Waals surface area contributed by atoms with Crippen LogP contribution in [0, 0.1) is 5.82 Å². The summed E-state index contributed by atoms with van der Waals surface area (Å²) < 4.78 is 12.7. The molecule has 0 saturated carbocycles. The van der Waals surface area contributed by atoms with Crippen molar-refractivity contribution in [3.8, 4) is 0 Å². The maximum Gasteiger partial charge on any atom is 0.271 e. The van der Waals surface area contributed by atoms with Crippen molar-refractivity contribution >= 4 is 12.1 Å². The molecule has 0 spiro atoms. The SMILES string of the molecule is CCc1ccc(/C=N/NC(=O)c2ccc(F)cc2)cc1. The summed E-state index contributed by atoms with van der Waals surface area (Å²) in [6.07, 6.45) is 2.56. The van der Waals surface area contributed by atoms with E-state index in [4.69, 9.17) is 0 Å². The number of hydrogen-bond acceptors (Lipinski definition) is 2. The number of benzene rings is 2. The first kappa shape index (κ1) is 13.9. The number of hydrazone groups is 1. The van der Waals surface area contributed by atoms with Gasteiger partial charge in [0.15, 0.2) is 0 Å². The van der Waals surface area contributed by atoms with Crippen molar-refractivity contribution < 1.29 is 9.18 Å². The average molecular weight is 270 g/mol. The summed E-state index contributed by atoms with van der Waals surface area (Å²) in [7, 11) is 0. The first-order valence-electron chi connectivity index (χ1n) is 6.37. The number of nitrogens with one attached hydrogen (secondary N) is 1. The van der Waals surface area contributed by atoms with Gasteiger partial charge in [0.1, 0.15) is 5.82 Å². The molecule has 0 saturated heterocycles. The highest BCUT2D eigenvalue weighted by Gasteiger charge is 2.03. The summed E-state index contributed by atoms with van der Waals surface area (Å²) in [6, 6.07) is 13.2. The van der Waals surface area contributed by atoms with E-state index in [1.165, 1.54) is 29.8 Å². The van der Waals surface area contributed by atoms with Gasteiger partial charge in [0.05, 0.1) is 6.21 Å². The van der Waals surface area contributed by atoms with Gasteiger partial charge in [-0.1, -0.05) is 31.2 Å². The highest BCUT2D eigenvalue weighted by Crippen LogP contribution is 2.04. The fourth-order valence-electron chi connectivity index (χ4n) is 1.67. The number of carbonyl (C=O) groups is 1. The van der Waals surface area contributed by atoms with E-state index in [2.05, 4.69) is 17.5 Å². The normalized spacial score (nSPS) is 10.7. The minimum atomic E-state index is -0.374. The van der Waals surface area contributed by atoms with Gasteiger partial charge in [-0.2, -0.15) is 5.10 Å². The fourth-order valence-corrected chi connectivity index (χ4v) is 1.67. The molecule has 0 unspecified atom stereocenters. The second kappa shape index (κ2) is 6.61. The van der Waals surface area contributed by atoms with E-state index in [0.29, 0.717) is 5.56 Å². The molecule has 20 heavy (non-hydrogen) atoms. The van der Waals surface area contributed by atoms with E-state index in [9.17, 15) is 9.18 Å². The molecule has 0 aliphatic rings. The molecule has 0 bridgehead atoms. The van der Waals surface area contributed by atoms with Gasteiger partial charge in [-0.3, -0.25) is 4.79 Å². The smallest absolute Gasteiger partial charge is 0.267 e. The van der Waals surface area contributed by atoms with E-state index in [1.807, 2.05) is 24.3 Å². The number of rotatable bonds is 4. The van der Waals surface area contributed by atoms with E-state index in [1.54, 1.807) is 6.21 Å². The van der Waals surface area contributed by atoms with Gasteiger partial charge in [-0.25, -0.2) is 9.82 Å². The lowest BCUT2D eigenvalue weighted by molar-refractivity contribution is 0.0955. The van der Waals surface area contributed by atoms with Crippen LogP contribution in [0.5, 0.6) is 0 Å². The lowest BCUT2D eigenvalue weighted by Crippen LogP contribution is -2.17. The Morgan fingerprint density at radius 1 is 1.15 bits per heavy atom. The van der Waals surface area contributed by atoms with Crippen LogP contribution in [0.1, 0.15) is 28.4 Å². The largest absolute Gasteiger partial charge is 0.271 e. The maximum absolute atomic E-state index is 12.7. The highest BCUT2D eigenvalue weighted by atomic mass is 19.1. The molecule has 0 heterocycles. The van der Waals surface area contributed by atoms with E-state index in [0.717, 1.165) is 12.0 Å². The predicted molar refractivity (Wildman–Crippen MR) is 77.3 cm³/mol. The summed E-state index contributed by atoms with van der Waals surface area (Å²) in [4.78, 5) is 11.7. The van der Waals surface area contributed by atoms with Crippen LogP contribution >= 0.6 is 0 Å². The zero-order valence-corrected chi connectivity index (χ0v) is 11.1. The Morgan fingerprint density at radius 2 is 1.80 bits per heavy atom. The third-order valence-corrected chi connectivity index (χ3v) is 2.87. The fraction of sp³-hybridized carbons (Fsp3) is 0.125. The maximum atomic E-state index is 12.7. The van der Waals surface area contributed by atoms with Crippen LogP contribution in [0.15, 0.2) is 53.6 Å². The number of carbonyl (C=O) groups excluding carboxylic acids is 1. The van der Waals surface area contributed by atoms with E-state index >= 15 is 0 Å². The summed E-state index contributed by atoms with van der Waals surface area (Å²) in [5.41, 5.74) is 4.92. The van der Waals surface area contributed by atoms with Crippen LogP contribution in [0.3, 0.4) is 0 Å². The second-order valence-corrected chi connectivity index (χ2v) is 4.30. The lowest BCUT2D eigenvalue weighted by atomic mass is 10.1. The van der Waals surface area contributed by atoms with E-state index < -0.39 is 0 Å². The molecule has 0 aliphatic heterocycles. The number of nitrogens with zero attached hydrogens (tertiary/aromatic N) is 1. The molecule has 0 aromatic heterocycles. The quantitative estimate of drug-likeness (QED) is 0.673. The predicted octanol–water partition coefficient (Wildman–Crippen LogP) is 3.15. The van der Waals surface area contributed by atoms with Gasteiger partial charge in [0.2, 0.25) is 0 Å². The highest BCUT2D eigenvalue weighted by molar-refractivity contribution is 5.94. The van der Waals surface area contributed by atoms with Crippen LogP contribution in [-0.4, -0.2) is 12.1 Å². The topological polar surface area (TPSA) is 41.5 Å². The Labute approximate surface area is 117 Å². The zero-order chi connectivity index (χ0) is 14.4. The van der Waals surface area contributed by atoms with Crippen LogP contribution in [0.25, 0.3) is 0 Å². The molecule has 0 fully saturated rings. The molecule has 1 amide bonds. The average Bonchev–Trinajstić information content (AvgIpc) is 2.48. The molecule has 2 aromatic rings. The molecule has 1 N–H and O–H groups in total. The van der Waals surface area contributed by atoms with Crippen molar-refractivity contribution in [1.82, 2.24) is 5.43 Å². The van der Waals surface area contributed by atoms with Gasteiger partial charge >= 0.3 is 0 Å². The molecule has 3 nitrogen and oxygen atoms in total. The Kier molecular flexibility index (Phi) is 4.60. The standard InChI is InChI=1S/C16H15FN2O/c1-2-12-3-5-13(6-4-12)11-18-19-16(20)14-7-9-15(17)10-8-14/h3-11H,2H2,1H3,(H,19,20)/b18-11+. The molecular weight excluding hydrogens is 255 g/mol. The molecule has 102 valence electrons. The zero-order valence-electron chi connectivity index (χ0n) is 11.1. The van der Waals surface area contributed by atoms with Gasteiger partial charge in [0.25, 0.3) is 5.91 Å². The molecule has 2 aromatic carbocycles. The lowest BCUT2D eigenvalue weighted by Gasteiger charge is -2.00. The Hall–Kier alpha value is -2.49.